The number of ether oxygens (including phenoxy) is 1. The van der Waals surface area contributed by atoms with Crippen LogP contribution in [0.1, 0.15) is 12.8 Å². The Labute approximate surface area is 87.6 Å². The fourth-order valence-corrected chi connectivity index (χ4v) is 1.37. The summed E-state index contributed by atoms with van der Waals surface area (Å²) in [6.45, 7) is 0.710. The molecule has 1 aromatic rings. The zero-order valence-corrected chi connectivity index (χ0v) is 8.46. The van der Waals surface area contributed by atoms with Gasteiger partial charge in [-0.3, -0.25) is 0 Å². The standard InChI is InChI=1S/C10H12ClNO2/c11-9-4-3-8(12-13)5-10(9)14-6-7-1-2-7/h3-5,7H,1-2,6,12H2. The number of quaternary nitrogens is 1. The molecule has 3 nitrogen and oxygen atoms in total. The Bertz CT molecular complexity index is 326. The summed E-state index contributed by atoms with van der Waals surface area (Å²) in [5.74, 6) is 1.30. The molecule has 0 saturated heterocycles. The van der Waals surface area contributed by atoms with Crippen LogP contribution in [-0.4, -0.2) is 6.61 Å². The van der Waals surface area contributed by atoms with Gasteiger partial charge < -0.3 is 15.4 Å². The lowest BCUT2D eigenvalue weighted by Gasteiger charge is -2.08. The van der Waals surface area contributed by atoms with Crippen molar-refractivity contribution in [2.24, 2.45) is 5.92 Å². The van der Waals surface area contributed by atoms with Gasteiger partial charge in [0.25, 0.3) is 0 Å². The van der Waals surface area contributed by atoms with Crippen LogP contribution in [0.15, 0.2) is 18.2 Å². The van der Waals surface area contributed by atoms with Crippen molar-refractivity contribution >= 4 is 17.3 Å². The van der Waals surface area contributed by atoms with E-state index in [1.807, 2.05) is 0 Å². The maximum atomic E-state index is 10.5. The molecular weight excluding hydrogens is 202 g/mol. The van der Waals surface area contributed by atoms with Crippen LogP contribution in [-0.2, 0) is 0 Å². The molecule has 0 aliphatic heterocycles. The van der Waals surface area contributed by atoms with Gasteiger partial charge in [-0.1, -0.05) is 11.6 Å². The summed E-state index contributed by atoms with van der Waals surface area (Å²) in [7, 11) is 0. The summed E-state index contributed by atoms with van der Waals surface area (Å²) in [6, 6.07) is 5.05. The highest BCUT2D eigenvalue weighted by molar-refractivity contribution is 6.32. The number of hydrogen-bond donors (Lipinski definition) is 1. The predicted octanol–water partition coefficient (Wildman–Crippen LogP) is 1.82. The van der Waals surface area contributed by atoms with Crippen LogP contribution in [0, 0.1) is 11.1 Å². The highest BCUT2D eigenvalue weighted by Gasteiger charge is 2.22. The average molecular weight is 214 g/mol. The van der Waals surface area contributed by atoms with E-state index in [1.54, 1.807) is 18.2 Å². The first kappa shape index (κ1) is 9.77. The lowest BCUT2D eigenvalue weighted by molar-refractivity contribution is -0.497. The van der Waals surface area contributed by atoms with Gasteiger partial charge in [-0.15, -0.1) is 0 Å². The van der Waals surface area contributed by atoms with E-state index < -0.39 is 0 Å². The molecule has 76 valence electrons. The number of halogens is 1. The Kier molecular flexibility index (Phi) is 2.91. The third-order valence-corrected chi connectivity index (χ3v) is 2.58. The third kappa shape index (κ3) is 2.38. The van der Waals surface area contributed by atoms with Crippen molar-refractivity contribution < 1.29 is 10.2 Å². The summed E-state index contributed by atoms with van der Waals surface area (Å²) in [6.07, 6.45) is 2.48. The summed E-state index contributed by atoms with van der Waals surface area (Å²) < 4.78 is 5.51. The zero-order valence-electron chi connectivity index (χ0n) is 7.70. The SMILES string of the molecule is [O-][NH2+]c1ccc(Cl)c(OCC2CC2)c1. The number of benzene rings is 1. The molecule has 14 heavy (non-hydrogen) atoms. The molecule has 1 aromatic carbocycles. The minimum absolute atomic E-state index is 0.566. The summed E-state index contributed by atoms with van der Waals surface area (Å²) in [5, 5.41) is 11.1. The van der Waals surface area contributed by atoms with Gasteiger partial charge in [0.15, 0.2) is 0 Å². The summed E-state index contributed by atoms with van der Waals surface area (Å²) in [4.78, 5) is 0. The van der Waals surface area contributed by atoms with Crippen LogP contribution in [0.2, 0.25) is 5.02 Å². The Hall–Kier alpha value is -0.770. The molecule has 2 rings (SSSR count). The fourth-order valence-electron chi connectivity index (χ4n) is 1.20. The van der Waals surface area contributed by atoms with Crippen LogP contribution >= 0.6 is 11.6 Å². The molecule has 0 atom stereocenters. The van der Waals surface area contributed by atoms with Crippen LogP contribution in [0.3, 0.4) is 0 Å². The van der Waals surface area contributed by atoms with Crippen molar-refractivity contribution in [1.29, 1.82) is 0 Å². The molecule has 0 heterocycles. The van der Waals surface area contributed by atoms with Crippen molar-refractivity contribution in [1.82, 2.24) is 0 Å². The Morgan fingerprint density at radius 1 is 1.50 bits per heavy atom. The Morgan fingerprint density at radius 3 is 2.93 bits per heavy atom. The van der Waals surface area contributed by atoms with E-state index in [1.165, 1.54) is 12.8 Å². The maximum Gasteiger partial charge on any atom is 0.143 e. The molecule has 1 fully saturated rings. The molecule has 0 bridgehead atoms. The van der Waals surface area contributed by atoms with E-state index in [-0.39, 0.29) is 0 Å². The van der Waals surface area contributed by atoms with Gasteiger partial charge in [0.05, 0.1) is 11.6 Å². The number of hydrogen-bond acceptors (Lipinski definition) is 2. The Balaban J connectivity index is 2.04. The minimum Gasteiger partial charge on any atom is -0.630 e. The second kappa shape index (κ2) is 4.17. The van der Waals surface area contributed by atoms with Gasteiger partial charge in [0.1, 0.15) is 11.4 Å². The molecule has 0 radical (unpaired) electrons. The topological polar surface area (TPSA) is 48.9 Å². The average Bonchev–Trinajstić information content (AvgIpc) is 3.00. The van der Waals surface area contributed by atoms with Gasteiger partial charge in [-0.2, -0.15) is 0 Å². The second-order valence-electron chi connectivity index (χ2n) is 3.56. The molecule has 1 aliphatic rings. The first-order chi connectivity index (χ1) is 6.79. The highest BCUT2D eigenvalue weighted by atomic mass is 35.5. The van der Waals surface area contributed by atoms with E-state index in [2.05, 4.69) is 0 Å². The number of nitrogens with two attached hydrogens (primary N) is 1. The van der Waals surface area contributed by atoms with E-state index >= 15 is 0 Å². The maximum absolute atomic E-state index is 10.5. The van der Waals surface area contributed by atoms with E-state index in [0.717, 1.165) is 5.48 Å². The normalized spacial score (nSPS) is 15.6. The van der Waals surface area contributed by atoms with Crippen molar-refractivity contribution in [2.75, 3.05) is 6.61 Å². The van der Waals surface area contributed by atoms with E-state index in [0.29, 0.717) is 29.0 Å². The molecule has 0 unspecified atom stereocenters. The van der Waals surface area contributed by atoms with Gasteiger partial charge in [0.2, 0.25) is 0 Å². The van der Waals surface area contributed by atoms with Crippen LogP contribution in [0.25, 0.3) is 0 Å². The van der Waals surface area contributed by atoms with Crippen molar-refractivity contribution in [2.45, 2.75) is 12.8 Å². The Morgan fingerprint density at radius 2 is 2.29 bits per heavy atom. The van der Waals surface area contributed by atoms with Gasteiger partial charge >= 0.3 is 0 Å². The molecule has 4 heteroatoms. The molecule has 0 spiro atoms. The largest absolute Gasteiger partial charge is 0.630 e. The fraction of sp³-hybridized carbons (Fsp3) is 0.400. The lowest BCUT2D eigenvalue weighted by Crippen LogP contribution is -2.70. The monoisotopic (exact) mass is 213 g/mol. The molecule has 0 aromatic heterocycles. The highest BCUT2D eigenvalue weighted by Crippen LogP contribution is 2.32. The second-order valence-corrected chi connectivity index (χ2v) is 3.97. The van der Waals surface area contributed by atoms with Crippen molar-refractivity contribution in [3.63, 3.8) is 0 Å². The zero-order chi connectivity index (χ0) is 9.97. The first-order valence-electron chi connectivity index (χ1n) is 4.67. The van der Waals surface area contributed by atoms with Gasteiger partial charge in [-0.05, 0) is 24.8 Å². The van der Waals surface area contributed by atoms with Crippen LogP contribution < -0.4 is 10.2 Å². The van der Waals surface area contributed by atoms with Gasteiger partial charge in [-0.25, -0.2) is 0 Å². The summed E-state index contributed by atoms with van der Waals surface area (Å²) >= 11 is 5.92. The van der Waals surface area contributed by atoms with Crippen molar-refractivity contribution in [3.8, 4) is 5.75 Å². The van der Waals surface area contributed by atoms with E-state index in [9.17, 15) is 5.21 Å². The smallest absolute Gasteiger partial charge is 0.143 e. The van der Waals surface area contributed by atoms with Crippen LogP contribution in [0.4, 0.5) is 5.69 Å². The van der Waals surface area contributed by atoms with Crippen LogP contribution in [0.5, 0.6) is 5.75 Å². The third-order valence-electron chi connectivity index (χ3n) is 2.26. The quantitative estimate of drug-likeness (QED) is 0.613. The first-order valence-corrected chi connectivity index (χ1v) is 5.05. The van der Waals surface area contributed by atoms with Gasteiger partial charge in [0, 0.05) is 12.1 Å². The minimum atomic E-state index is 0.566. The molecule has 1 saturated carbocycles. The molecule has 1 aliphatic carbocycles. The van der Waals surface area contributed by atoms with Crippen molar-refractivity contribution in [3.05, 3.63) is 28.4 Å². The summed E-state index contributed by atoms with van der Waals surface area (Å²) in [5.41, 5.74) is 1.39. The molecular formula is C10H12ClNO2. The molecule has 2 N–H and O–H groups in total. The number of rotatable bonds is 4. The van der Waals surface area contributed by atoms with E-state index in [4.69, 9.17) is 16.3 Å². The predicted molar refractivity (Wildman–Crippen MR) is 54.6 cm³/mol. The molecule has 0 amide bonds. The lowest BCUT2D eigenvalue weighted by atomic mass is 10.3.